The summed E-state index contributed by atoms with van der Waals surface area (Å²) in [6.45, 7) is 9.92. The molecule has 0 aromatic heterocycles. The Balaban J connectivity index is 4.12. The van der Waals surface area contributed by atoms with Crippen LogP contribution in [0.2, 0.25) is 0 Å². The first kappa shape index (κ1) is 25.5. The molecule has 0 heterocycles. The van der Waals surface area contributed by atoms with E-state index in [-0.39, 0.29) is 12.6 Å². The van der Waals surface area contributed by atoms with Crippen LogP contribution in [-0.2, 0) is 9.53 Å². The number of unbranched alkanes of at least 4 members (excludes halogenated alkanes) is 10. The molecule has 0 unspecified atom stereocenters. The summed E-state index contributed by atoms with van der Waals surface area (Å²) in [5, 5.41) is 2.86. The minimum Gasteiger partial charge on any atom is -0.461 e. The quantitative estimate of drug-likeness (QED) is 0.195. The third kappa shape index (κ3) is 16.4. The molecule has 2 amide bonds. The molecule has 1 N–H and O–H groups in total. The lowest BCUT2D eigenvalue weighted by Crippen LogP contribution is -2.42. The van der Waals surface area contributed by atoms with E-state index in [0.29, 0.717) is 6.54 Å². The molecule has 158 valence electrons. The standard InChI is InChI=1S/C22H42N2O3/c1-4-7-9-11-13-15-18-24(19-16-14-12-10-8-5-2)22(26)23-17-20-27-21(25)6-3/h6H,3-5,7-20H2,1-2H3,(H,23,26). The number of urea groups is 1. The molecule has 5 heteroatoms. The zero-order chi connectivity index (χ0) is 20.2. The molecule has 0 aromatic rings. The average molecular weight is 383 g/mol. The van der Waals surface area contributed by atoms with Crippen molar-refractivity contribution in [1.82, 2.24) is 10.2 Å². The molecule has 27 heavy (non-hydrogen) atoms. The SMILES string of the molecule is C=CC(=O)OCCNC(=O)N(CCCCCCCC)CCCCCCCC. The van der Waals surface area contributed by atoms with Gasteiger partial charge in [-0.15, -0.1) is 0 Å². The number of esters is 1. The number of amides is 2. The van der Waals surface area contributed by atoms with Crippen molar-refractivity contribution in [3.63, 3.8) is 0 Å². The molecule has 0 bridgehead atoms. The van der Waals surface area contributed by atoms with Gasteiger partial charge in [0, 0.05) is 19.2 Å². The zero-order valence-corrected chi connectivity index (χ0v) is 17.8. The van der Waals surface area contributed by atoms with E-state index in [4.69, 9.17) is 4.74 Å². The molecule has 0 saturated carbocycles. The van der Waals surface area contributed by atoms with Crippen LogP contribution in [0.3, 0.4) is 0 Å². The van der Waals surface area contributed by atoms with Crippen LogP contribution in [0.4, 0.5) is 4.79 Å². The van der Waals surface area contributed by atoms with Gasteiger partial charge < -0.3 is 15.0 Å². The van der Waals surface area contributed by atoms with E-state index in [9.17, 15) is 9.59 Å². The molecule has 0 saturated heterocycles. The molecule has 0 radical (unpaired) electrons. The largest absolute Gasteiger partial charge is 0.461 e. The summed E-state index contributed by atoms with van der Waals surface area (Å²) in [5.41, 5.74) is 0. The smallest absolute Gasteiger partial charge is 0.330 e. The second-order valence-electron chi connectivity index (χ2n) is 7.13. The Bertz CT molecular complexity index is 370. The van der Waals surface area contributed by atoms with Crippen LogP contribution in [0.5, 0.6) is 0 Å². The van der Waals surface area contributed by atoms with Gasteiger partial charge in [-0.25, -0.2) is 9.59 Å². The number of hydrogen-bond donors (Lipinski definition) is 1. The molecule has 0 aromatic carbocycles. The van der Waals surface area contributed by atoms with Crippen molar-refractivity contribution >= 4 is 12.0 Å². The van der Waals surface area contributed by atoms with E-state index >= 15 is 0 Å². The summed E-state index contributed by atoms with van der Waals surface area (Å²) in [6.07, 6.45) is 15.8. The van der Waals surface area contributed by atoms with Crippen LogP contribution in [0.1, 0.15) is 90.9 Å². The highest BCUT2D eigenvalue weighted by atomic mass is 16.5. The number of carbonyl (C=O) groups excluding carboxylic acids is 2. The van der Waals surface area contributed by atoms with Crippen molar-refractivity contribution in [2.45, 2.75) is 90.9 Å². The summed E-state index contributed by atoms with van der Waals surface area (Å²) < 4.78 is 4.90. The zero-order valence-electron chi connectivity index (χ0n) is 17.8. The van der Waals surface area contributed by atoms with Crippen LogP contribution in [-0.4, -0.2) is 43.1 Å². The molecule has 0 aliphatic heterocycles. The second-order valence-corrected chi connectivity index (χ2v) is 7.13. The molecule has 0 aliphatic carbocycles. The van der Waals surface area contributed by atoms with Crippen molar-refractivity contribution in [3.8, 4) is 0 Å². The molecule has 0 rings (SSSR count). The number of nitrogens with zero attached hydrogens (tertiary/aromatic N) is 1. The van der Waals surface area contributed by atoms with E-state index in [1.165, 1.54) is 64.2 Å². The van der Waals surface area contributed by atoms with E-state index in [1.807, 2.05) is 4.90 Å². The van der Waals surface area contributed by atoms with Crippen LogP contribution >= 0.6 is 0 Å². The summed E-state index contributed by atoms with van der Waals surface area (Å²) in [5.74, 6) is -0.458. The van der Waals surface area contributed by atoms with Gasteiger partial charge in [-0.2, -0.15) is 0 Å². The maximum Gasteiger partial charge on any atom is 0.330 e. The maximum atomic E-state index is 12.4. The van der Waals surface area contributed by atoms with Crippen molar-refractivity contribution in [2.24, 2.45) is 0 Å². The topological polar surface area (TPSA) is 58.6 Å². The van der Waals surface area contributed by atoms with Crippen molar-refractivity contribution in [2.75, 3.05) is 26.2 Å². The first-order chi connectivity index (χ1) is 13.2. The molecule has 0 aliphatic rings. The third-order valence-electron chi connectivity index (χ3n) is 4.64. The van der Waals surface area contributed by atoms with Crippen LogP contribution in [0.25, 0.3) is 0 Å². The predicted octanol–water partition coefficient (Wildman–Crippen LogP) is 5.45. The highest BCUT2D eigenvalue weighted by Crippen LogP contribution is 2.09. The van der Waals surface area contributed by atoms with Gasteiger partial charge in [-0.05, 0) is 12.8 Å². The first-order valence-electron chi connectivity index (χ1n) is 11.0. The van der Waals surface area contributed by atoms with Gasteiger partial charge in [0.25, 0.3) is 0 Å². The van der Waals surface area contributed by atoms with Crippen molar-refractivity contribution in [3.05, 3.63) is 12.7 Å². The lowest BCUT2D eigenvalue weighted by molar-refractivity contribution is -0.137. The summed E-state index contributed by atoms with van der Waals surface area (Å²) in [6, 6.07) is -0.0493. The highest BCUT2D eigenvalue weighted by Gasteiger charge is 2.12. The van der Waals surface area contributed by atoms with E-state index in [1.54, 1.807) is 0 Å². The van der Waals surface area contributed by atoms with Gasteiger partial charge in [0.05, 0.1) is 6.54 Å². The fourth-order valence-corrected chi connectivity index (χ4v) is 2.96. The Morgan fingerprint density at radius 2 is 1.33 bits per heavy atom. The van der Waals surface area contributed by atoms with Gasteiger partial charge in [0.1, 0.15) is 6.61 Å². The fourth-order valence-electron chi connectivity index (χ4n) is 2.96. The van der Waals surface area contributed by atoms with Gasteiger partial charge in [-0.3, -0.25) is 0 Å². The lowest BCUT2D eigenvalue weighted by Gasteiger charge is -2.23. The maximum absolute atomic E-state index is 12.4. The van der Waals surface area contributed by atoms with Gasteiger partial charge in [0.2, 0.25) is 0 Å². The van der Waals surface area contributed by atoms with Crippen LogP contribution < -0.4 is 5.32 Å². The minimum absolute atomic E-state index is 0.0493. The van der Waals surface area contributed by atoms with Crippen LogP contribution in [0, 0.1) is 0 Å². The Hall–Kier alpha value is -1.52. The lowest BCUT2D eigenvalue weighted by atomic mass is 10.1. The van der Waals surface area contributed by atoms with Crippen molar-refractivity contribution in [1.29, 1.82) is 0 Å². The average Bonchev–Trinajstić information content (AvgIpc) is 2.68. The van der Waals surface area contributed by atoms with Gasteiger partial charge >= 0.3 is 12.0 Å². The van der Waals surface area contributed by atoms with Gasteiger partial charge in [-0.1, -0.05) is 84.6 Å². The minimum atomic E-state index is -0.458. The number of hydrogen-bond acceptors (Lipinski definition) is 3. The van der Waals surface area contributed by atoms with E-state index < -0.39 is 5.97 Å². The molecular formula is C22H42N2O3. The van der Waals surface area contributed by atoms with Gasteiger partial charge in [0.15, 0.2) is 0 Å². The molecule has 0 fully saturated rings. The monoisotopic (exact) mass is 382 g/mol. The number of carbonyl (C=O) groups is 2. The highest BCUT2D eigenvalue weighted by molar-refractivity contribution is 5.81. The number of rotatable bonds is 18. The summed E-state index contributed by atoms with van der Waals surface area (Å²) in [7, 11) is 0. The molecular weight excluding hydrogens is 340 g/mol. The first-order valence-corrected chi connectivity index (χ1v) is 11.0. The third-order valence-corrected chi connectivity index (χ3v) is 4.64. The predicted molar refractivity (Wildman–Crippen MR) is 113 cm³/mol. The normalized spacial score (nSPS) is 10.4. The fraction of sp³-hybridized carbons (Fsp3) is 0.818. The van der Waals surface area contributed by atoms with Crippen molar-refractivity contribution < 1.29 is 14.3 Å². The number of ether oxygens (including phenoxy) is 1. The van der Waals surface area contributed by atoms with E-state index in [2.05, 4.69) is 25.7 Å². The van der Waals surface area contributed by atoms with E-state index in [0.717, 1.165) is 32.0 Å². The number of nitrogens with one attached hydrogen (secondary N) is 1. The Morgan fingerprint density at radius 1 is 0.852 bits per heavy atom. The Morgan fingerprint density at radius 3 is 1.81 bits per heavy atom. The summed E-state index contributed by atoms with van der Waals surface area (Å²) in [4.78, 5) is 25.4. The second kappa shape index (κ2) is 19.2. The summed E-state index contributed by atoms with van der Waals surface area (Å²) >= 11 is 0. The Labute approximate surface area is 166 Å². The van der Waals surface area contributed by atoms with Crippen LogP contribution in [0.15, 0.2) is 12.7 Å². The molecule has 0 spiro atoms. The Kier molecular flexibility index (Phi) is 18.2. The molecule has 0 atom stereocenters. The molecule has 5 nitrogen and oxygen atoms in total.